The molecule has 1 aromatic carbocycles. The quantitative estimate of drug-likeness (QED) is 0.781. The largest absolute Gasteiger partial charge is 0.494 e. The Balaban J connectivity index is 3.41. The molecular formula is C13H15BrO5. The van der Waals surface area contributed by atoms with Gasteiger partial charge in [0, 0.05) is 11.1 Å². The molecule has 0 aliphatic rings. The van der Waals surface area contributed by atoms with Crippen molar-refractivity contribution in [1.82, 2.24) is 0 Å². The lowest BCUT2D eigenvalue weighted by Gasteiger charge is -2.19. The van der Waals surface area contributed by atoms with Gasteiger partial charge in [-0.2, -0.15) is 0 Å². The molecule has 6 heteroatoms. The van der Waals surface area contributed by atoms with E-state index in [2.05, 4.69) is 15.9 Å². The van der Waals surface area contributed by atoms with Crippen LogP contribution < -0.4 is 4.74 Å². The summed E-state index contributed by atoms with van der Waals surface area (Å²) in [5.41, 5.74) is 0.502. The smallest absolute Gasteiger partial charge is 0.337 e. The Labute approximate surface area is 119 Å². The monoisotopic (exact) mass is 330 g/mol. The van der Waals surface area contributed by atoms with Gasteiger partial charge in [0.1, 0.15) is 16.4 Å². The molecule has 0 spiro atoms. The van der Waals surface area contributed by atoms with Crippen LogP contribution in [0.15, 0.2) is 18.2 Å². The lowest BCUT2D eigenvalue weighted by molar-refractivity contribution is -0.147. The van der Waals surface area contributed by atoms with E-state index in [0.29, 0.717) is 17.9 Å². The van der Waals surface area contributed by atoms with Crippen molar-refractivity contribution in [3.63, 3.8) is 0 Å². The van der Waals surface area contributed by atoms with Gasteiger partial charge in [-0.3, -0.25) is 4.79 Å². The highest BCUT2D eigenvalue weighted by Gasteiger charge is 2.27. The lowest BCUT2D eigenvalue weighted by Crippen LogP contribution is -2.16. The number of ether oxygens (including phenoxy) is 1. The Kier molecular flexibility index (Phi) is 5.50. The van der Waals surface area contributed by atoms with Crippen LogP contribution >= 0.6 is 15.9 Å². The van der Waals surface area contributed by atoms with E-state index in [1.165, 1.54) is 13.0 Å². The first-order chi connectivity index (χ1) is 8.90. The van der Waals surface area contributed by atoms with Crippen LogP contribution in [0.25, 0.3) is 0 Å². The minimum Gasteiger partial charge on any atom is -0.494 e. The third-order valence-corrected chi connectivity index (χ3v) is 3.64. The van der Waals surface area contributed by atoms with Crippen LogP contribution in [0.2, 0.25) is 0 Å². The van der Waals surface area contributed by atoms with Gasteiger partial charge in [-0.1, -0.05) is 28.1 Å². The standard InChI is InChI=1S/C13H15BrO5/c1-3-19-9-6-4-5-8(12(16)13(17)18)10(9)11(14)7(2)15/h4-6,11-12,16H,3H2,1-2H3,(H,17,18). The summed E-state index contributed by atoms with van der Waals surface area (Å²) in [6.07, 6.45) is -1.70. The van der Waals surface area contributed by atoms with E-state index in [1.54, 1.807) is 19.1 Å². The highest BCUT2D eigenvalue weighted by molar-refractivity contribution is 9.09. The first kappa shape index (κ1) is 15.7. The highest BCUT2D eigenvalue weighted by Crippen LogP contribution is 2.37. The molecule has 2 N–H and O–H groups in total. The zero-order valence-corrected chi connectivity index (χ0v) is 12.2. The number of Topliss-reactive ketones (excluding diaryl/α,β-unsaturated/α-hetero) is 1. The Morgan fingerprint density at radius 2 is 2.05 bits per heavy atom. The molecule has 19 heavy (non-hydrogen) atoms. The first-order valence-corrected chi connectivity index (χ1v) is 6.62. The number of carbonyl (C=O) groups is 2. The third kappa shape index (κ3) is 3.54. The maximum absolute atomic E-state index is 11.5. The number of carbonyl (C=O) groups excluding carboxylic acids is 1. The van der Waals surface area contributed by atoms with Crippen molar-refractivity contribution in [3.8, 4) is 5.75 Å². The van der Waals surface area contributed by atoms with Crippen molar-refractivity contribution in [2.45, 2.75) is 24.8 Å². The Morgan fingerprint density at radius 1 is 1.42 bits per heavy atom. The summed E-state index contributed by atoms with van der Waals surface area (Å²) in [6.45, 7) is 3.53. The lowest BCUT2D eigenvalue weighted by atomic mass is 9.97. The molecule has 2 unspecified atom stereocenters. The summed E-state index contributed by atoms with van der Waals surface area (Å²) in [7, 11) is 0. The Hall–Kier alpha value is -1.40. The molecule has 0 bridgehead atoms. The molecule has 1 aromatic rings. The fraction of sp³-hybridized carbons (Fsp3) is 0.385. The maximum atomic E-state index is 11.5. The van der Waals surface area contributed by atoms with E-state index < -0.39 is 16.9 Å². The van der Waals surface area contributed by atoms with Crippen LogP contribution in [0.3, 0.4) is 0 Å². The minimum absolute atomic E-state index is 0.149. The highest BCUT2D eigenvalue weighted by atomic mass is 79.9. The zero-order chi connectivity index (χ0) is 14.6. The number of aliphatic carboxylic acids is 1. The summed E-state index contributed by atoms with van der Waals surface area (Å²) >= 11 is 3.21. The molecule has 2 atom stereocenters. The molecule has 5 nitrogen and oxygen atoms in total. The minimum atomic E-state index is -1.70. The predicted molar refractivity (Wildman–Crippen MR) is 72.6 cm³/mol. The van der Waals surface area contributed by atoms with Gasteiger partial charge in [0.2, 0.25) is 0 Å². The number of hydrogen-bond acceptors (Lipinski definition) is 4. The van der Waals surface area contributed by atoms with Gasteiger partial charge in [0.25, 0.3) is 0 Å². The fourth-order valence-electron chi connectivity index (χ4n) is 1.69. The summed E-state index contributed by atoms with van der Waals surface area (Å²) in [4.78, 5) is 21.7. The zero-order valence-electron chi connectivity index (χ0n) is 10.6. The molecule has 0 aromatic heterocycles. The van der Waals surface area contributed by atoms with Crippen molar-refractivity contribution in [3.05, 3.63) is 29.3 Å². The van der Waals surface area contributed by atoms with Gasteiger partial charge in [-0.15, -0.1) is 0 Å². The summed E-state index contributed by atoms with van der Waals surface area (Å²) < 4.78 is 5.39. The van der Waals surface area contributed by atoms with E-state index in [-0.39, 0.29) is 11.3 Å². The van der Waals surface area contributed by atoms with Gasteiger partial charge in [0.05, 0.1) is 6.61 Å². The normalized spacial score (nSPS) is 13.7. The maximum Gasteiger partial charge on any atom is 0.337 e. The van der Waals surface area contributed by atoms with E-state index >= 15 is 0 Å². The number of carboxylic acids is 1. The van der Waals surface area contributed by atoms with Gasteiger partial charge in [-0.05, 0) is 19.9 Å². The third-order valence-electron chi connectivity index (χ3n) is 2.54. The topological polar surface area (TPSA) is 83.8 Å². The first-order valence-electron chi connectivity index (χ1n) is 5.71. The number of halogens is 1. The summed E-state index contributed by atoms with van der Waals surface area (Å²) in [5.74, 6) is -1.19. The SMILES string of the molecule is CCOc1cccc(C(O)C(=O)O)c1C(Br)C(C)=O. The molecule has 0 aliphatic carbocycles. The molecule has 1 rings (SSSR count). The average Bonchev–Trinajstić information content (AvgIpc) is 2.37. The summed E-state index contributed by atoms with van der Waals surface area (Å²) in [6, 6.07) is 4.68. The second-order valence-electron chi connectivity index (χ2n) is 3.91. The van der Waals surface area contributed by atoms with Gasteiger partial charge in [-0.25, -0.2) is 4.79 Å². The summed E-state index contributed by atoms with van der Waals surface area (Å²) in [5, 5.41) is 18.6. The van der Waals surface area contributed by atoms with Crippen LogP contribution in [0.4, 0.5) is 0 Å². The van der Waals surface area contributed by atoms with Crippen LogP contribution in [0.5, 0.6) is 5.75 Å². The molecule has 0 amide bonds. The second kappa shape index (κ2) is 6.68. The van der Waals surface area contributed by atoms with Crippen molar-refractivity contribution in [2.24, 2.45) is 0 Å². The number of rotatable bonds is 6. The number of aliphatic hydroxyl groups is 1. The van der Waals surface area contributed by atoms with Gasteiger partial charge >= 0.3 is 5.97 Å². The molecule has 104 valence electrons. The molecular weight excluding hydrogens is 316 g/mol. The van der Waals surface area contributed by atoms with Crippen LogP contribution in [-0.4, -0.2) is 28.6 Å². The number of benzene rings is 1. The molecule has 0 saturated carbocycles. The van der Waals surface area contributed by atoms with Crippen LogP contribution in [0, 0.1) is 0 Å². The Morgan fingerprint density at radius 3 is 2.53 bits per heavy atom. The van der Waals surface area contributed by atoms with Crippen LogP contribution in [0.1, 0.15) is 35.9 Å². The fourth-order valence-corrected chi connectivity index (χ4v) is 2.18. The van der Waals surface area contributed by atoms with Gasteiger partial charge in [0.15, 0.2) is 6.10 Å². The van der Waals surface area contributed by atoms with Crippen LogP contribution in [-0.2, 0) is 9.59 Å². The number of ketones is 1. The molecule has 0 radical (unpaired) electrons. The van der Waals surface area contributed by atoms with Crippen molar-refractivity contribution in [2.75, 3.05) is 6.61 Å². The molecule has 0 saturated heterocycles. The number of aliphatic hydroxyl groups excluding tert-OH is 1. The van der Waals surface area contributed by atoms with E-state index in [9.17, 15) is 14.7 Å². The Bertz CT molecular complexity index is 486. The number of hydrogen-bond donors (Lipinski definition) is 2. The average molecular weight is 331 g/mol. The predicted octanol–water partition coefficient (Wildman–Crippen LogP) is 2.23. The van der Waals surface area contributed by atoms with Gasteiger partial charge < -0.3 is 14.9 Å². The van der Waals surface area contributed by atoms with Crippen molar-refractivity contribution < 1.29 is 24.5 Å². The van der Waals surface area contributed by atoms with Crippen molar-refractivity contribution >= 4 is 27.7 Å². The molecule has 0 aliphatic heterocycles. The molecule has 0 heterocycles. The second-order valence-corrected chi connectivity index (χ2v) is 4.82. The number of alkyl halides is 1. The van der Waals surface area contributed by atoms with E-state index in [0.717, 1.165) is 0 Å². The van der Waals surface area contributed by atoms with E-state index in [1.807, 2.05) is 0 Å². The molecule has 0 fully saturated rings. The number of carboxylic acid groups (broad SMARTS) is 1. The van der Waals surface area contributed by atoms with E-state index in [4.69, 9.17) is 9.84 Å². The van der Waals surface area contributed by atoms with Crippen molar-refractivity contribution in [1.29, 1.82) is 0 Å².